The van der Waals surface area contributed by atoms with E-state index < -0.39 is 0 Å². The molecule has 0 bridgehead atoms. The fraction of sp³-hybridized carbons (Fsp3) is 1.00. The van der Waals surface area contributed by atoms with Crippen LogP contribution in [-0.4, -0.2) is 47.8 Å². The molecule has 2 rings (SSSR count). The molecule has 1 saturated carbocycles. The lowest BCUT2D eigenvalue weighted by Gasteiger charge is -2.50. The van der Waals surface area contributed by atoms with Gasteiger partial charge in [0.15, 0.2) is 0 Å². The SMILES string of the molecule is C[C@H](O)CN1CCNCC12CCCCC2. The molecule has 1 atom stereocenters. The third kappa shape index (κ3) is 2.52. The Bertz CT molecular complexity index is 192. The summed E-state index contributed by atoms with van der Waals surface area (Å²) in [5.74, 6) is 0. The minimum atomic E-state index is -0.193. The number of rotatable bonds is 2. The van der Waals surface area contributed by atoms with Crippen molar-refractivity contribution >= 4 is 0 Å². The van der Waals surface area contributed by atoms with E-state index in [1.807, 2.05) is 6.92 Å². The van der Waals surface area contributed by atoms with Gasteiger partial charge in [-0.2, -0.15) is 0 Å². The maximum atomic E-state index is 9.56. The van der Waals surface area contributed by atoms with Gasteiger partial charge in [-0.15, -0.1) is 0 Å². The fourth-order valence-corrected chi connectivity index (χ4v) is 3.19. The highest BCUT2D eigenvalue weighted by atomic mass is 16.3. The van der Waals surface area contributed by atoms with Crippen molar-refractivity contribution in [2.24, 2.45) is 0 Å². The van der Waals surface area contributed by atoms with Gasteiger partial charge in [0, 0.05) is 31.7 Å². The van der Waals surface area contributed by atoms with Crippen LogP contribution in [0.15, 0.2) is 0 Å². The second-order valence-electron chi connectivity index (χ2n) is 5.26. The third-order valence-corrected chi connectivity index (χ3v) is 3.95. The van der Waals surface area contributed by atoms with Gasteiger partial charge in [0.2, 0.25) is 0 Å². The summed E-state index contributed by atoms with van der Waals surface area (Å²) >= 11 is 0. The van der Waals surface area contributed by atoms with Crippen LogP contribution in [0.1, 0.15) is 39.0 Å². The van der Waals surface area contributed by atoms with Gasteiger partial charge < -0.3 is 10.4 Å². The molecule has 2 N–H and O–H groups in total. The second kappa shape index (κ2) is 4.81. The summed E-state index contributed by atoms with van der Waals surface area (Å²) in [5, 5.41) is 13.1. The van der Waals surface area contributed by atoms with Crippen LogP contribution in [0, 0.1) is 0 Å². The molecular weight excluding hydrogens is 188 g/mol. The van der Waals surface area contributed by atoms with E-state index in [1.165, 1.54) is 32.1 Å². The van der Waals surface area contributed by atoms with Gasteiger partial charge in [0.05, 0.1) is 6.10 Å². The zero-order valence-corrected chi connectivity index (χ0v) is 9.84. The lowest BCUT2D eigenvalue weighted by Crippen LogP contribution is -2.63. The molecule has 88 valence electrons. The van der Waals surface area contributed by atoms with Crippen molar-refractivity contribution in [2.45, 2.75) is 50.7 Å². The van der Waals surface area contributed by atoms with Crippen LogP contribution in [0.2, 0.25) is 0 Å². The number of aliphatic hydroxyl groups excluding tert-OH is 1. The number of piperazine rings is 1. The molecule has 0 aromatic heterocycles. The molecular formula is C12H24N2O. The first-order valence-corrected chi connectivity index (χ1v) is 6.37. The van der Waals surface area contributed by atoms with Crippen molar-refractivity contribution in [3.63, 3.8) is 0 Å². The molecule has 0 amide bonds. The maximum absolute atomic E-state index is 9.56. The molecule has 1 spiro atoms. The minimum Gasteiger partial charge on any atom is -0.392 e. The van der Waals surface area contributed by atoms with Crippen molar-refractivity contribution in [1.82, 2.24) is 10.2 Å². The third-order valence-electron chi connectivity index (χ3n) is 3.95. The Balaban J connectivity index is 2.03. The van der Waals surface area contributed by atoms with Crippen molar-refractivity contribution in [3.05, 3.63) is 0 Å². The van der Waals surface area contributed by atoms with Crippen LogP contribution in [-0.2, 0) is 0 Å². The van der Waals surface area contributed by atoms with Gasteiger partial charge in [-0.25, -0.2) is 0 Å². The fourth-order valence-electron chi connectivity index (χ4n) is 3.19. The van der Waals surface area contributed by atoms with E-state index >= 15 is 0 Å². The van der Waals surface area contributed by atoms with Crippen molar-refractivity contribution in [2.75, 3.05) is 26.2 Å². The van der Waals surface area contributed by atoms with Crippen LogP contribution >= 0.6 is 0 Å². The molecule has 1 heterocycles. The maximum Gasteiger partial charge on any atom is 0.0639 e. The number of aliphatic hydroxyl groups is 1. The van der Waals surface area contributed by atoms with E-state index in [2.05, 4.69) is 10.2 Å². The number of hydrogen-bond acceptors (Lipinski definition) is 3. The second-order valence-corrected chi connectivity index (χ2v) is 5.26. The zero-order valence-electron chi connectivity index (χ0n) is 9.84. The summed E-state index contributed by atoms with van der Waals surface area (Å²) in [7, 11) is 0. The predicted molar refractivity (Wildman–Crippen MR) is 61.9 cm³/mol. The van der Waals surface area contributed by atoms with Crippen LogP contribution < -0.4 is 5.32 Å². The number of hydrogen-bond donors (Lipinski definition) is 2. The van der Waals surface area contributed by atoms with Gasteiger partial charge >= 0.3 is 0 Å². The monoisotopic (exact) mass is 212 g/mol. The molecule has 0 aromatic rings. The lowest BCUT2D eigenvalue weighted by atomic mass is 9.79. The summed E-state index contributed by atoms with van der Waals surface area (Å²) < 4.78 is 0. The summed E-state index contributed by atoms with van der Waals surface area (Å²) in [5.41, 5.74) is 0.369. The van der Waals surface area contributed by atoms with Crippen LogP contribution in [0.3, 0.4) is 0 Å². The molecule has 2 fully saturated rings. The Morgan fingerprint density at radius 3 is 2.73 bits per heavy atom. The normalized spacial score (nSPS) is 29.2. The van der Waals surface area contributed by atoms with Gasteiger partial charge in [-0.1, -0.05) is 19.3 Å². The Labute approximate surface area is 92.8 Å². The highest BCUT2D eigenvalue weighted by Crippen LogP contribution is 2.34. The Morgan fingerprint density at radius 1 is 1.33 bits per heavy atom. The summed E-state index contributed by atoms with van der Waals surface area (Å²) in [6.07, 6.45) is 6.54. The predicted octanol–water partition coefficient (Wildman–Crippen LogP) is 0.975. The summed E-state index contributed by atoms with van der Waals surface area (Å²) in [6.45, 7) is 6.05. The first kappa shape index (κ1) is 11.4. The Kier molecular flexibility index (Phi) is 3.65. The first-order chi connectivity index (χ1) is 7.23. The van der Waals surface area contributed by atoms with Gasteiger partial charge in [0.25, 0.3) is 0 Å². The molecule has 1 aliphatic carbocycles. The lowest BCUT2D eigenvalue weighted by molar-refractivity contribution is -0.00234. The summed E-state index contributed by atoms with van der Waals surface area (Å²) in [4.78, 5) is 2.54. The van der Waals surface area contributed by atoms with Crippen molar-refractivity contribution in [1.29, 1.82) is 0 Å². The molecule has 0 radical (unpaired) electrons. The molecule has 1 aliphatic heterocycles. The highest BCUT2D eigenvalue weighted by Gasteiger charge is 2.39. The van der Waals surface area contributed by atoms with Gasteiger partial charge in [-0.3, -0.25) is 4.90 Å². The summed E-state index contributed by atoms with van der Waals surface area (Å²) in [6, 6.07) is 0. The van der Waals surface area contributed by atoms with E-state index in [-0.39, 0.29) is 6.10 Å². The van der Waals surface area contributed by atoms with E-state index in [4.69, 9.17) is 0 Å². The molecule has 15 heavy (non-hydrogen) atoms. The van der Waals surface area contributed by atoms with Crippen LogP contribution in [0.5, 0.6) is 0 Å². The van der Waals surface area contributed by atoms with E-state index in [0.29, 0.717) is 5.54 Å². The average Bonchev–Trinajstić information content (AvgIpc) is 2.23. The molecule has 0 aromatic carbocycles. The van der Waals surface area contributed by atoms with Gasteiger partial charge in [-0.05, 0) is 19.8 Å². The molecule has 2 aliphatic rings. The Morgan fingerprint density at radius 2 is 2.07 bits per heavy atom. The van der Waals surface area contributed by atoms with Gasteiger partial charge in [0.1, 0.15) is 0 Å². The quantitative estimate of drug-likeness (QED) is 0.716. The number of nitrogens with zero attached hydrogens (tertiary/aromatic N) is 1. The largest absolute Gasteiger partial charge is 0.392 e. The Hall–Kier alpha value is -0.120. The van der Waals surface area contributed by atoms with E-state index in [1.54, 1.807) is 0 Å². The van der Waals surface area contributed by atoms with Crippen LogP contribution in [0.4, 0.5) is 0 Å². The topological polar surface area (TPSA) is 35.5 Å². The molecule has 1 saturated heterocycles. The smallest absolute Gasteiger partial charge is 0.0639 e. The van der Waals surface area contributed by atoms with Crippen molar-refractivity contribution < 1.29 is 5.11 Å². The molecule has 0 unspecified atom stereocenters. The highest BCUT2D eigenvalue weighted by molar-refractivity contribution is 4.98. The number of nitrogens with one attached hydrogen (secondary N) is 1. The zero-order chi connectivity index (χ0) is 10.7. The van der Waals surface area contributed by atoms with Crippen LogP contribution in [0.25, 0.3) is 0 Å². The minimum absolute atomic E-state index is 0.193. The first-order valence-electron chi connectivity index (χ1n) is 6.37. The molecule has 3 nitrogen and oxygen atoms in total. The average molecular weight is 212 g/mol. The van der Waals surface area contributed by atoms with Crippen molar-refractivity contribution in [3.8, 4) is 0 Å². The standard InChI is InChI=1S/C12H24N2O/c1-11(15)9-14-8-7-13-10-12(14)5-3-2-4-6-12/h11,13,15H,2-10H2,1H3/t11-/m0/s1. The van der Waals surface area contributed by atoms with E-state index in [9.17, 15) is 5.11 Å². The molecule has 3 heteroatoms. The van der Waals surface area contributed by atoms with E-state index in [0.717, 1.165) is 26.2 Å². The number of β-amino-alcohol motifs (C(OH)–C–C–N with tert-alkyl or cyclic N) is 1.